The van der Waals surface area contributed by atoms with Crippen molar-refractivity contribution in [1.82, 2.24) is 0 Å². The SMILES string of the molecule is O=C1/C(=C\c2ccc(OCc3ccccc3Cl)cc2)SC(=S)N1c1cccc(Br)c1. The van der Waals surface area contributed by atoms with E-state index in [9.17, 15) is 4.79 Å². The molecule has 3 aromatic rings. The standard InChI is InChI=1S/C23H15BrClNO2S2/c24-17-5-3-6-18(13-17)26-22(27)21(30-23(26)29)12-15-8-10-19(11-9-15)28-14-16-4-1-2-7-20(16)25/h1-13H,14H2/b21-12+. The molecule has 0 spiro atoms. The fourth-order valence-electron chi connectivity index (χ4n) is 2.89. The van der Waals surface area contributed by atoms with Gasteiger partial charge in [-0.15, -0.1) is 0 Å². The predicted molar refractivity (Wildman–Crippen MR) is 132 cm³/mol. The van der Waals surface area contributed by atoms with E-state index in [-0.39, 0.29) is 5.91 Å². The van der Waals surface area contributed by atoms with E-state index >= 15 is 0 Å². The van der Waals surface area contributed by atoms with Crippen LogP contribution in [-0.2, 0) is 11.4 Å². The third-order valence-corrected chi connectivity index (χ3v) is 6.55. The third kappa shape index (κ3) is 4.78. The average Bonchev–Trinajstić information content (AvgIpc) is 3.01. The van der Waals surface area contributed by atoms with Crippen molar-refractivity contribution in [1.29, 1.82) is 0 Å². The lowest BCUT2D eigenvalue weighted by atomic mass is 10.2. The number of benzene rings is 3. The smallest absolute Gasteiger partial charge is 0.270 e. The largest absolute Gasteiger partial charge is 0.489 e. The van der Waals surface area contributed by atoms with E-state index < -0.39 is 0 Å². The maximum atomic E-state index is 12.9. The van der Waals surface area contributed by atoms with Gasteiger partial charge < -0.3 is 4.74 Å². The Kier molecular flexibility index (Phi) is 6.58. The highest BCUT2D eigenvalue weighted by atomic mass is 79.9. The maximum absolute atomic E-state index is 12.9. The van der Waals surface area contributed by atoms with Crippen LogP contribution in [0.1, 0.15) is 11.1 Å². The van der Waals surface area contributed by atoms with Crippen LogP contribution >= 0.6 is 51.5 Å². The summed E-state index contributed by atoms with van der Waals surface area (Å²) in [6.45, 7) is 0.393. The molecular formula is C23H15BrClNO2S2. The Morgan fingerprint density at radius 3 is 2.57 bits per heavy atom. The molecule has 0 saturated carbocycles. The van der Waals surface area contributed by atoms with Crippen LogP contribution in [0.15, 0.2) is 82.2 Å². The number of thioether (sulfide) groups is 1. The minimum atomic E-state index is -0.123. The Morgan fingerprint density at radius 1 is 1.07 bits per heavy atom. The maximum Gasteiger partial charge on any atom is 0.270 e. The Hall–Kier alpha value is -2.12. The van der Waals surface area contributed by atoms with Crippen molar-refractivity contribution < 1.29 is 9.53 Å². The van der Waals surface area contributed by atoms with Gasteiger partial charge in [-0.25, -0.2) is 0 Å². The van der Waals surface area contributed by atoms with E-state index in [1.807, 2.05) is 78.9 Å². The molecule has 30 heavy (non-hydrogen) atoms. The summed E-state index contributed by atoms with van der Waals surface area (Å²) in [5, 5.41) is 0.682. The van der Waals surface area contributed by atoms with E-state index in [1.54, 1.807) is 4.90 Å². The summed E-state index contributed by atoms with van der Waals surface area (Å²) in [6.07, 6.45) is 1.84. The highest BCUT2D eigenvalue weighted by molar-refractivity contribution is 9.10. The van der Waals surface area contributed by atoms with Gasteiger partial charge in [0.2, 0.25) is 0 Å². The molecule has 0 radical (unpaired) electrons. The summed E-state index contributed by atoms with van der Waals surface area (Å²) in [5.74, 6) is 0.607. The van der Waals surface area contributed by atoms with Gasteiger partial charge in [0.05, 0.1) is 10.6 Å². The van der Waals surface area contributed by atoms with Crippen LogP contribution in [0.25, 0.3) is 6.08 Å². The third-order valence-electron chi connectivity index (χ3n) is 4.39. The van der Waals surface area contributed by atoms with Gasteiger partial charge in [-0.2, -0.15) is 0 Å². The van der Waals surface area contributed by atoms with E-state index in [0.29, 0.717) is 20.9 Å². The topological polar surface area (TPSA) is 29.5 Å². The van der Waals surface area contributed by atoms with Gasteiger partial charge in [-0.05, 0) is 48.0 Å². The van der Waals surface area contributed by atoms with Gasteiger partial charge in [0.25, 0.3) is 5.91 Å². The Morgan fingerprint density at radius 2 is 1.83 bits per heavy atom. The molecule has 3 aromatic carbocycles. The van der Waals surface area contributed by atoms with E-state index in [2.05, 4.69) is 15.9 Å². The summed E-state index contributed by atoms with van der Waals surface area (Å²) in [5.41, 5.74) is 2.58. The van der Waals surface area contributed by atoms with E-state index in [4.69, 9.17) is 28.6 Å². The molecular weight excluding hydrogens is 502 g/mol. The zero-order chi connectivity index (χ0) is 21.1. The molecule has 1 aliphatic heterocycles. The molecule has 3 nitrogen and oxygen atoms in total. The monoisotopic (exact) mass is 515 g/mol. The van der Waals surface area contributed by atoms with Crippen molar-refractivity contribution in [2.45, 2.75) is 6.61 Å². The van der Waals surface area contributed by atoms with Crippen LogP contribution in [-0.4, -0.2) is 10.2 Å². The minimum absolute atomic E-state index is 0.123. The molecule has 0 bridgehead atoms. The summed E-state index contributed by atoms with van der Waals surface area (Å²) < 4.78 is 7.22. The second-order valence-corrected chi connectivity index (χ2v) is 9.44. The van der Waals surface area contributed by atoms with Gasteiger partial charge in [0.15, 0.2) is 4.32 Å². The zero-order valence-corrected chi connectivity index (χ0v) is 19.5. The Bertz CT molecular complexity index is 1150. The van der Waals surface area contributed by atoms with Gasteiger partial charge in [-0.3, -0.25) is 9.69 Å². The number of ether oxygens (including phenoxy) is 1. The first-order chi connectivity index (χ1) is 14.5. The molecule has 1 saturated heterocycles. The molecule has 1 heterocycles. The summed E-state index contributed by atoms with van der Waals surface area (Å²) in [6, 6.07) is 22.7. The van der Waals surface area contributed by atoms with Crippen molar-refractivity contribution in [3.8, 4) is 5.75 Å². The summed E-state index contributed by atoms with van der Waals surface area (Å²) in [4.78, 5) is 15.0. The number of halogens is 2. The number of thiocarbonyl (C=S) groups is 1. The van der Waals surface area contributed by atoms with Crippen LogP contribution in [0.2, 0.25) is 5.02 Å². The van der Waals surface area contributed by atoms with Crippen molar-refractivity contribution in [2.75, 3.05) is 4.90 Å². The first-order valence-corrected chi connectivity index (χ1v) is 11.4. The fourth-order valence-corrected chi connectivity index (χ4v) is 4.77. The van der Waals surface area contributed by atoms with Gasteiger partial charge in [-0.1, -0.05) is 87.9 Å². The number of hydrogen-bond acceptors (Lipinski definition) is 4. The van der Waals surface area contributed by atoms with Crippen molar-refractivity contribution in [3.63, 3.8) is 0 Å². The highest BCUT2D eigenvalue weighted by Gasteiger charge is 2.33. The molecule has 150 valence electrons. The van der Waals surface area contributed by atoms with E-state index in [0.717, 1.165) is 27.0 Å². The number of nitrogens with zero attached hydrogens (tertiary/aromatic N) is 1. The van der Waals surface area contributed by atoms with Gasteiger partial charge in [0, 0.05) is 15.1 Å². The first kappa shape index (κ1) is 21.1. The second-order valence-electron chi connectivity index (χ2n) is 6.45. The Balaban J connectivity index is 1.46. The molecule has 0 aromatic heterocycles. The van der Waals surface area contributed by atoms with Crippen LogP contribution in [0.5, 0.6) is 5.75 Å². The molecule has 7 heteroatoms. The molecule has 0 N–H and O–H groups in total. The number of amides is 1. The second kappa shape index (κ2) is 9.35. The average molecular weight is 517 g/mol. The lowest BCUT2D eigenvalue weighted by Gasteiger charge is -2.14. The number of carbonyl (C=O) groups excluding carboxylic acids is 1. The number of anilines is 1. The van der Waals surface area contributed by atoms with E-state index in [1.165, 1.54) is 11.8 Å². The predicted octanol–water partition coefficient (Wildman–Crippen LogP) is 7.09. The molecule has 0 atom stereocenters. The van der Waals surface area contributed by atoms with Crippen LogP contribution < -0.4 is 9.64 Å². The van der Waals surface area contributed by atoms with Gasteiger partial charge >= 0.3 is 0 Å². The highest BCUT2D eigenvalue weighted by Crippen LogP contribution is 2.36. The van der Waals surface area contributed by atoms with Crippen LogP contribution in [0.4, 0.5) is 5.69 Å². The fraction of sp³-hybridized carbons (Fsp3) is 0.0435. The Labute approximate surface area is 197 Å². The van der Waals surface area contributed by atoms with Crippen LogP contribution in [0, 0.1) is 0 Å². The number of carbonyl (C=O) groups is 1. The van der Waals surface area contributed by atoms with Crippen molar-refractivity contribution >= 4 is 73.5 Å². The van der Waals surface area contributed by atoms with Crippen LogP contribution in [0.3, 0.4) is 0 Å². The number of rotatable bonds is 5. The molecule has 0 unspecified atom stereocenters. The molecule has 0 aliphatic carbocycles. The summed E-state index contributed by atoms with van der Waals surface area (Å²) >= 11 is 16.3. The summed E-state index contributed by atoms with van der Waals surface area (Å²) in [7, 11) is 0. The lowest BCUT2D eigenvalue weighted by Crippen LogP contribution is -2.27. The molecule has 4 rings (SSSR count). The normalized spacial score (nSPS) is 15.1. The molecule has 1 amide bonds. The first-order valence-electron chi connectivity index (χ1n) is 9.01. The lowest BCUT2D eigenvalue weighted by molar-refractivity contribution is -0.113. The zero-order valence-electron chi connectivity index (χ0n) is 15.5. The molecule has 1 aliphatic rings. The molecule has 1 fully saturated rings. The van der Waals surface area contributed by atoms with Crippen molar-refractivity contribution in [2.24, 2.45) is 0 Å². The number of hydrogen-bond donors (Lipinski definition) is 0. The minimum Gasteiger partial charge on any atom is -0.489 e. The van der Waals surface area contributed by atoms with Crippen molar-refractivity contribution in [3.05, 3.63) is 98.3 Å². The van der Waals surface area contributed by atoms with Gasteiger partial charge in [0.1, 0.15) is 12.4 Å². The quantitative estimate of drug-likeness (QED) is 0.267.